The second-order valence-corrected chi connectivity index (χ2v) is 7.67. The van der Waals surface area contributed by atoms with E-state index in [1.165, 1.54) is 16.0 Å². The van der Waals surface area contributed by atoms with E-state index in [0.29, 0.717) is 11.3 Å². The number of fused-ring (bicyclic) bond motifs is 1. The summed E-state index contributed by atoms with van der Waals surface area (Å²) in [5.74, 6) is 1.70. The standard InChI is InChI=1S/C22H24N4O2S/c1-28-18-9-7-17(8-10-18)13-25-14-19-20(23-15-25)26(22(29)24-21(19)27)12-11-16-5-3-2-4-6-16/h2-10,23H,11-15H2,1H3,(H,24,27,29)/p+1. The number of nitrogens with zero attached hydrogens (tertiary/aromatic N) is 1. The fourth-order valence-corrected chi connectivity index (χ4v) is 4.03. The molecule has 29 heavy (non-hydrogen) atoms. The van der Waals surface area contributed by atoms with Gasteiger partial charge in [0.15, 0.2) is 11.4 Å². The Labute approximate surface area is 174 Å². The number of nitrogens with one attached hydrogen (secondary N) is 3. The summed E-state index contributed by atoms with van der Waals surface area (Å²) < 4.78 is 7.71. The van der Waals surface area contributed by atoms with Gasteiger partial charge >= 0.3 is 0 Å². The van der Waals surface area contributed by atoms with Crippen LogP contribution in [0.4, 0.5) is 5.82 Å². The number of benzene rings is 2. The molecule has 1 unspecified atom stereocenters. The minimum atomic E-state index is -0.0969. The van der Waals surface area contributed by atoms with Crippen LogP contribution in [0.1, 0.15) is 16.7 Å². The van der Waals surface area contributed by atoms with E-state index >= 15 is 0 Å². The Morgan fingerprint density at radius 3 is 2.59 bits per heavy atom. The van der Waals surface area contributed by atoms with Gasteiger partial charge in [0, 0.05) is 12.1 Å². The highest BCUT2D eigenvalue weighted by atomic mass is 32.1. The Kier molecular flexibility index (Phi) is 5.78. The van der Waals surface area contributed by atoms with E-state index in [1.54, 1.807) is 7.11 Å². The van der Waals surface area contributed by atoms with E-state index in [1.807, 2.05) is 34.9 Å². The van der Waals surface area contributed by atoms with Crippen LogP contribution < -0.4 is 20.5 Å². The van der Waals surface area contributed by atoms with Crippen molar-refractivity contribution in [3.8, 4) is 5.75 Å². The predicted molar refractivity (Wildman–Crippen MR) is 116 cm³/mol. The molecule has 1 aliphatic heterocycles. The Hall–Kier alpha value is -2.90. The first-order valence-corrected chi connectivity index (χ1v) is 10.1. The highest BCUT2D eigenvalue weighted by Gasteiger charge is 2.24. The summed E-state index contributed by atoms with van der Waals surface area (Å²) in [5, 5.41) is 3.46. The first kappa shape index (κ1) is 19.4. The molecule has 1 aromatic heterocycles. The third kappa shape index (κ3) is 4.41. The number of quaternary nitrogens is 1. The minimum absolute atomic E-state index is 0.0969. The number of rotatable bonds is 6. The lowest BCUT2D eigenvalue weighted by molar-refractivity contribution is -0.926. The average molecular weight is 410 g/mol. The third-order valence-electron chi connectivity index (χ3n) is 5.31. The van der Waals surface area contributed by atoms with Gasteiger partial charge in [-0.05, 0) is 48.5 Å². The van der Waals surface area contributed by atoms with Crippen LogP contribution in [0.3, 0.4) is 0 Å². The van der Waals surface area contributed by atoms with Gasteiger partial charge in [0.25, 0.3) is 5.56 Å². The molecule has 1 atom stereocenters. The van der Waals surface area contributed by atoms with Crippen molar-refractivity contribution >= 4 is 18.0 Å². The van der Waals surface area contributed by atoms with E-state index in [2.05, 4.69) is 34.6 Å². The van der Waals surface area contributed by atoms with E-state index in [9.17, 15) is 4.79 Å². The lowest BCUT2D eigenvalue weighted by atomic mass is 10.1. The summed E-state index contributed by atoms with van der Waals surface area (Å²) in [6.07, 6.45) is 0.859. The van der Waals surface area contributed by atoms with Gasteiger partial charge in [-0.1, -0.05) is 30.3 Å². The van der Waals surface area contributed by atoms with Crippen LogP contribution in [-0.4, -0.2) is 23.3 Å². The molecule has 0 spiro atoms. The van der Waals surface area contributed by atoms with Crippen LogP contribution in [0, 0.1) is 4.77 Å². The molecule has 0 fully saturated rings. The van der Waals surface area contributed by atoms with E-state index in [0.717, 1.165) is 43.3 Å². The van der Waals surface area contributed by atoms with Gasteiger partial charge in [-0.15, -0.1) is 0 Å². The Morgan fingerprint density at radius 2 is 1.86 bits per heavy atom. The number of aromatic nitrogens is 2. The number of hydrogen-bond donors (Lipinski definition) is 3. The minimum Gasteiger partial charge on any atom is -0.497 e. The number of aryl methyl sites for hydroxylation is 1. The monoisotopic (exact) mass is 409 g/mol. The number of ether oxygens (including phenoxy) is 1. The van der Waals surface area contributed by atoms with E-state index in [-0.39, 0.29) is 5.56 Å². The van der Waals surface area contributed by atoms with Crippen molar-refractivity contribution in [2.24, 2.45) is 0 Å². The van der Waals surface area contributed by atoms with Crippen molar-refractivity contribution in [1.29, 1.82) is 0 Å². The van der Waals surface area contributed by atoms with Crippen LogP contribution in [-0.2, 0) is 26.1 Å². The van der Waals surface area contributed by atoms with Crippen molar-refractivity contribution < 1.29 is 9.64 Å². The lowest BCUT2D eigenvalue weighted by Gasteiger charge is -2.28. The molecule has 0 saturated heterocycles. The predicted octanol–water partition coefficient (Wildman–Crippen LogP) is 2.13. The van der Waals surface area contributed by atoms with Crippen molar-refractivity contribution in [2.75, 3.05) is 19.1 Å². The Bertz CT molecular complexity index is 1090. The Balaban J connectivity index is 1.53. The summed E-state index contributed by atoms with van der Waals surface area (Å²) >= 11 is 5.45. The van der Waals surface area contributed by atoms with Gasteiger partial charge in [0.05, 0.1) is 7.11 Å². The molecule has 3 N–H and O–H groups in total. The molecule has 7 heteroatoms. The van der Waals surface area contributed by atoms with Crippen LogP contribution in [0.5, 0.6) is 5.75 Å². The first-order chi connectivity index (χ1) is 14.1. The van der Waals surface area contributed by atoms with Crippen LogP contribution in [0.2, 0.25) is 0 Å². The fraction of sp³-hybridized carbons (Fsp3) is 0.273. The maximum absolute atomic E-state index is 12.6. The van der Waals surface area contributed by atoms with Crippen LogP contribution in [0.25, 0.3) is 0 Å². The molecule has 0 amide bonds. The zero-order valence-electron chi connectivity index (χ0n) is 16.4. The highest BCUT2D eigenvalue weighted by molar-refractivity contribution is 7.71. The number of H-pyrrole nitrogens is 1. The number of hydrogen-bond acceptors (Lipinski definition) is 4. The van der Waals surface area contributed by atoms with Crippen LogP contribution >= 0.6 is 12.2 Å². The number of methoxy groups -OCH3 is 1. The molecular formula is C22H25N4O2S+. The van der Waals surface area contributed by atoms with Gasteiger partial charge < -0.3 is 19.5 Å². The van der Waals surface area contributed by atoms with Gasteiger partial charge in [-0.25, -0.2) is 0 Å². The first-order valence-electron chi connectivity index (χ1n) is 9.74. The molecule has 4 rings (SSSR count). The molecular weight excluding hydrogens is 384 g/mol. The molecule has 0 bridgehead atoms. The van der Waals surface area contributed by atoms with Crippen molar-refractivity contribution in [2.45, 2.75) is 26.1 Å². The average Bonchev–Trinajstić information content (AvgIpc) is 2.75. The lowest BCUT2D eigenvalue weighted by Crippen LogP contribution is -3.11. The fourth-order valence-electron chi connectivity index (χ4n) is 3.76. The van der Waals surface area contributed by atoms with Gasteiger partial charge in [-0.2, -0.15) is 0 Å². The van der Waals surface area contributed by atoms with E-state index in [4.69, 9.17) is 17.0 Å². The van der Waals surface area contributed by atoms with Gasteiger partial charge in [0.2, 0.25) is 0 Å². The van der Waals surface area contributed by atoms with Crippen molar-refractivity contribution in [3.05, 3.63) is 86.4 Å². The second-order valence-electron chi connectivity index (χ2n) is 7.28. The molecule has 2 heterocycles. The summed E-state index contributed by atoms with van der Waals surface area (Å²) in [7, 11) is 1.67. The van der Waals surface area contributed by atoms with Crippen molar-refractivity contribution in [3.63, 3.8) is 0 Å². The summed E-state index contributed by atoms with van der Waals surface area (Å²) in [6, 6.07) is 18.4. The molecule has 0 aliphatic carbocycles. The van der Waals surface area contributed by atoms with Crippen LogP contribution in [0.15, 0.2) is 59.4 Å². The normalized spacial score (nSPS) is 15.4. The zero-order valence-corrected chi connectivity index (χ0v) is 17.2. The molecule has 1 aliphatic rings. The third-order valence-corrected chi connectivity index (χ3v) is 5.63. The molecule has 6 nitrogen and oxygen atoms in total. The maximum Gasteiger partial charge on any atom is 0.262 e. The molecule has 2 aromatic carbocycles. The number of aromatic amines is 1. The number of anilines is 1. The van der Waals surface area contributed by atoms with Gasteiger partial charge in [0.1, 0.15) is 30.2 Å². The zero-order chi connectivity index (χ0) is 20.2. The highest BCUT2D eigenvalue weighted by Crippen LogP contribution is 2.15. The summed E-state index contributed by atoms with van der Waals surface area (Å²) in [6.45, 7) is 2.95. The SMILES string of the molecule is COc1ccc(C[NH+]2CNc3c(c(=O)[nH]c(=S)n3CCc3ccccc3)C2)cc1. The quantitative estimate of drug-likeness (QED) is 0.546. The van der Waals surface area contributed by atoms with E-state index < -0.39 is 0 Å². The topological polar surface area (TPSA) is 63.5 Å². The molecule has 0 radical (unpaired) electrons. The van der Waals surface area contributed by atoms with Gasteiger partial charge in [-0.3, -0.25) is 9.78 Å². The Morgan fingerprint density at radius 1 is 1.10 bits per heavy atom. The summed E-state index contributed by atoms with van der Waals surface area (Å²) in [5.41, 5.74) is 3.12. The molecule has 150 valence electrons. The second kappa shape index (κ2) is 8.63. The molecule has 0 saturated carbocycles. The largest absolute Gasteiger partial charge is 0.497 e. The maximum atomic E-state index is 12.6. The van der Waals surface area contributed by atoms with Crippen molar-refractivity contribution in [1.82, 2.24) is 9.55 Å². The smallest absolute Gasteiger partial charge is 0.262 e. The summed E-state index contributed by atoms with van der Waals surface area (Å²) in [4.78, 5) is 16.7. The molecule has 3 aromatic rings.